The number of terminal acetylenes is 1. The Morgan fingerprint density at radius 3 is 2.80 bits per heavy atom. The molecule has 0 fully saturated rings. The van der Waals surface area contributed by atoms with Gasteiger partial charge in [-0.05, 0) is 12.5 Å². The van der Waals surface area contributed by atoms with Gasteiger partial charge in [0, 0.05) is 12.4 Å². The van der Waals surface area contributed by atoms with Gasteiger partial charge in [-0.15, -0.1) is 6.42 Å². The molecule has 1 rings (SSSR count). The number of hydrogen-bond acceptors (Lipinski definition) is 1. The van der Waals surface area contributed by atoms with Crippen LogP contribution in [-0.4, -0.2) is 4.98 Å². The monoisotopic (exact) mass is 151 g/mol. The molecular weight excluding hydrogens is 146 g/mol. The van der Waals surface area contributed by atoms with Gasteiger partial charge in [-0.25, -0.2) is 0 Å². The first-order chi connectivity index (χ1) is 4.75. The second-order valence-electron chi connectivity index (χ2n) is 1.96. The van der Waals surface area contributed by atoms with E-state index in [0.717, 1.165) is 5.56 Å². The summed E-state index contributed by atoms with van der Waals surface area (Å²) >= 11 is 5.81. The third kappa shape index (κ3) is 1.12. The van der Waals surface area contributed by atoms with Crippen LogP contribution in [0.2, 0.25) is 5.02 Å². The highest BCUT2D eigenvalue weighted by atomic mass is 35.5. The van der Waals surface area contributed by atoms with Crippen LogP contribution >= 0.6 is 11.6 Å². The zero-order valence-electron chi connectivity index (χ0n) is 5.56. The number of halogens is 1. The maximum Gasteiger partial charge on any atom is 0.0622 e. The smallest absolute Gasteiger partial charge is 0.0622 e. The highest BCUT2D eigenvalue weighted by Crippen LogP contribution is 2.17. The van der Waals surface area contributed by atoms with Crippen LogP contribution in [0.25, 0.3) is 0 Å². The molecule has 0 aliphatic rings. The predicted molar refractivity (Wildman–Crippen MR) is 41.9 cm³/mol. The van der Waals surface area contributed by atoms with E-state index in [-0.39, 0.29) is 0 Å². The first-order valence-electron chi connectivity index (χ1n) is 2.82. The Labute approximate surface area is 65.0 Å². The summed E-state index contributed by atoms with van der Waals surface area (Å²) in [4.78, 5) is 3.89. The summed E-state index contributed by atoms with van der Waals surface area (Å²) < 4.78 is 0. The van der Waals surface area contributed by atoms with Gasteiger partial charge in [0.15, 0.2) is 0 Å². The molecule has 2 heteroatoms. The van der Waals surface area contributed by atoms with Crippen LogP contribution < -0.4 is 0 Å². The minimum atomic E-state index is 0.623. The van der Waals surface area contributed by atoms with E-state index in [2.05, 4.69) is 10.9 Å². The summed E-state index contributed by atoms with van der Waals surface area (Å²) in [6.07, 6.45) is 8.41. The molecule has 10 heavy (non-hydrogen) atoms. The van der Waals surface area contributed by atoms with E-state index >= 15 is 0 Å². The van der Waals surface area contributed by atoms with Crippen molar-refractivity contribution in [2.45, 2.75) is 6.92 Å². The molecule has 50 valence electrons. The summed E-state index contributed by atoms with van der Waals surface area (Å²) in [6.45, 7) is 1.87. The first kappa shape index (κ1) is 7.11. The minimum Gasteiger partial charge on any atom is -0.263 e. The molecule has 1 heterocycles. The molecule has 0 amide bonds. The Hall–Kier alpha value is -1.00. The SMILES string of the molecule is C#Cc1cncc(C)c1Cl. The van der Waals surface area contributed by atoms with E-state index in [1.54, 1.807) is 12.4 Å². The fourth-order valence-corrected chi connectivity index (χ4v) is 0.802. The van der Waals surface area contributed by atoms with Crippen molar-refractivity contribution in [3.63, 3.8) is 0 Å². The van der Waals surface area contributed by atoms with Crippen molar-refractivity contribution in [1.82, 2.24) is 4.98 Å². The van der Waals surface area contributed by atoms with Gasteiger partial charge in [0.2, 0.25) is 0 Å². The van der Waals surface area contributed by atoms with Crippen molar-refractivity contribution >= 4 is 11.6 Å². The van der Waals surface area contributed by atoms with E-state index < -0.39 is 0 Å². The van der Waals surface area contributed by atoms with E-state index in [1.165, 1.54) is 0 Å². The lowest BCUT2D eigenvalue weighted by Gasteiger charge is -1.96. The van der Waals surface area contributed by atoms with Crippen molar-refractivity contribution in [3.05, 3.63) is 28.5 Å². The molecule has 1 aromatic heterocycles. The summed E-state index contributed by atoms with van der Waals surface area (Å²) in [5.74, 6) is 2.44. The molecule has 1 aromatic rings. The van der Waals surface area contributed by atoms with Gasteiger partial charge in [0.1, 0.15) is 0 Å². The molecule has 0 N–H and O–H groups in total. The Morgan fingerprint density at radius 1 is 1.60 bits per heavy atom. The van der Waals surface area contributed by atoms with Crippen LogP contribution in [0, 0.1) is 19.3 Å². The molecule has 0 bridgehead atoms. The largest absolute Gasteiger partial charge is 0.263 e. The van der Waals surface area contributed by atoms with Crippen molar-refractivity contribution in [3.8, 4) is 12.3 Å². The van der Waals surface area contributed by atoms with Gasteiger partial charge >= 0.3 is 0 Å². The molecule has 0 aliphatic carbocycles. The van der Waals surface area contributed by atoms with Gasteiger partial charge in [-0.2, -0.15) is 0 Å². The molecule has 0 unspecified atom stereocenters. The third-order valence-electron chi connectivity index (χ3n) is 1.21. The highest BCUT2D eigenvalue weighted by Gasteiger charge is 1.98. The van der Waals surface area contributed by atoms with Crippen LogP contribution in [0.1, 0.15) is 11.1 Å². The Balaban J connectivity index is 3.31. The van der Waals surface area contributed by atoms with E-state index in [0.29, 0.717) is 10.6 Å². The number of hydrogen-bond donors (Lipinski definition) is 0. The molecule has 0 aromatic carbocycles. The lowest BCUT2D eigenvalue weighted by atomic mass is 10.2. The zero-order chi connectivity index (χ0) is 7.56. The maximum absolute atomic E-state index is 5.81. The second kappa shape index (κ2) is 2.72. The van der Waals surface area contributed by atoms with Gasteiger partial charge in [0.05, 0.1) is 10.6 Å². The Kier molecular flexibility index (Phi) is 1.94. The Bertz CT molecular complexity index is 286. The van der Waals surface area contributed by atoms with Gasteiger partial charge in [-0.3, -0.25) is 4.98 Å². The van der Waals surface area contributed by atoms with Crippen LogP contribution in [-0.2, 0) is 0 Å². The average molecular weight is 152 g/mol. The summed E-state index contributed by atoms with van der Waals surface area (Å²) in [5, 5.41) is 0.623. The summed E-state index contributed by atoms with van der Waals surface area (Å²) in [6, 6.07) is 0. The number of nitrogens with zero attached hydrogens (tertiary/aromatic N) is 1. The zero-order valence-corrected chi connectivity index (χ0v) is 6.31. The lowest BCUT2D eigenvalue weighted by molar-refractivity contribution is 1.26. The quantitative estimate of drug-likeness (QED) is 0.517. The van der Waals surface area contributed by atoms with Crippen LogP contribution in [0.4, 0.5) is 0 Å². The van der Waals surface area contributed by atoms with Crippen molar-refractivity contribution in [2.24, 2.45) is 0 Å². The predicted octanol–water partition coefficient (Wildman–Crippen LogP) is 2.02. The standard InChI is InChI=1S/C8H6ClN/c1-3-7-5-10-4-6(2)8(7)9/h1,4-5H,2H3. The van der Waals surface area contributed by atoms with E-state index in [4.69, 9.17) is 18.0 Å². The van der Waals surface area contributed by atoms with Crippen LogP contribution in [0.3, 0.4) is 0 Å². The van der Waals surface area contributed by atoms with Crippen molar-refractivity contribution < 1.29 is 0 Å². The normalized spacial score (nSPS) is 8.90. The molecule has 0 saturated heterocycles. The van der Waals surface area contributed by atoms with Gasteiger partial charge in [0.25, 0.3) is 0 Å². The third-order valence-corrected chi connectivity index (χ3v) is 1.71. The van der Waals surface area contributed by atoms with Gasteiger partial charge < -0.3 is 0 Å². The molecule has 0 spiro atoms. The fraction of sp³-hybridized carbons (Fsp3) is 0.125. The maximum atomic E-state index is 5.81. The highest BCUT2D eigenvalue weighted by molar-refractivity contribution is 6.32. The Morgan fingerprint density at radius 2 is 2.30 bits per heavy atom. The molecule has 0 aliphatic heterocycles. The molecule has 0 radical (unpaired) electrons. The topological polar surface area (TPSA) is 12.9 Å². The van der Waals surface area contributed by atoms with E-state index in [9.17, 15) is 0 Å². The first-order valence-corrected chi connectivity index (χ1v) is 3.20. The summed E-state index contributed by atoms with van der Waals surface area (Å²) in [7, 11) is 0. The fourth-order valence-electron chi connectivity index (χ4n) is 0.650. The molecular formula is C8H6ClN. The van der Waals surface area contributed by atoms with E-state index in [1.807, 2.05) is 6.92 Å². The van der Waals surface area contributed by atoms with Crippen molar-refractivity contribution in [2.75, 3.05) is 0 Å². The number of rotatable bonds is 0. The number of aromatic nitrogens is 1. The summed E-state index contributed by atoms with van der Waals surface area (Å²) in [5.41, 5.74) is 1.57. The second-order valence-corrected chi connectivity index (χ2v) is 2.34. The molecule has 0 atom stereocenters. The minimum absolute atomic E-state index is 0.623. The van der Waals surface area contributed by atoms with Gasteiger partial charge in [-0.1, -0.05) is 17.5 Å². The van der Waals surface area contributed by atoms with Crippen LogP contribution in [0.15, 0.2) is 12.4 Å². The lowest BCUT2D eigenvalue weighted by Crippen LogP contribution is -1.83. The van der Waals surface area contributed by atoms with Crippen molar-refractivity contribution in [1.29, 1.82) is 0 Å². The number of aryl methyl sites for hydroxylation is 1. The number of pyridine rings is 1. The molecule has 1 nitrogen and oxygen atoms in total. The molecule has 0 saturated carbocycles. The average Bonchev–Trinajstić information content (AvgIpc) is 1.95. The van der Waals surface area contributed by atoms with Crippen LogP contribution in [0.5, 0.6) is 0 Å².